The average Bonchev–Trinajstić information content (AvgIpc) is 2.74. The van der Waals surface area contributed by atoms with Crippen LogP contribution in [0.2, 0.25) is 0 Å². The van der Waals surface area contributed by atoms with E-state index in [0.717, 1.165) is 56.6 Å². The average molecular weight is 380 g/mol. The standard InChI is InChI=1S/C23H28N2O3/c1-2-14-25(17-18-8-10-20(11-9-18)23(27)28)21-12-15-24(16-13-21)22(26)19-6-4-3-5-7-19/h3-11,21H,2,12-17H2,1H3,(H,27,28). The number of nitrogens with zero attached hydrogens (tertiary/aromatic N) is 2. The predicted molar refractivity (Wildman–Crippen MR) is 109 cm³/mol. The number of aromatic carboxylic acids is 1. The molecule has 1 aliphatic heterocycles. The van der Waals surface area contributed by atoms with Crippen LogP contribution in [-0.4, -0.2) is 52.5 Å². The van der Waals surface area contributed by atoms with Crippen molar-refractivity contribution >= 4 is 11.9 Å². The fourth-order valence-electron chi connectivity index (χ4n) is 3.86. The van der Waals surface area contributed by atoms with Gasteiger partial charge in [-0.3, -0.25) is 9.69 Å². The third kappa shape index (κ3) is 4.98. The molecule has 0 spiro atoms. The Morgan fingerprint density at radius 1 is 1.00 bits per heavy atom. The molecular formula is C23H28N2O3. The van der Waals surface area contributed by atoms with Crippen LogP contribution in [0, 0.1) is 0 Å². The highest BCUT2D eigenvalue weighted by molar-refractivity contribution is 5.94. The molecule has 1 saturated heterocycles. The molecule has 148 valence electrons. The largest absolute Gasteiger partial charge is 0.478 e. The zero-order chi connectivity index (χ0) is 19.9. The van der Waals surface area contributed by atoms with Crippen LogP contribution >= 0.6 is 0 Å². The Morgan fingerprint density at radius 2 is 1.64 bits per heavy atom. The first-order chi connectivity index (χ1) is 13.6. The van der Waals surface area contributed by atoms with Crippen LogP contribution in [0.25, 0.3) is 0 Å². The van der Waals surface area contributed by atoms with Crippen molar-refractivity contribution in [3.63, 3.8) is 0 Å². The highest BCUT2D eigenvalue weighted by atomic mass is 16.4. The number of amides is 1. The number of carboxylic acids is 1. The van der Waals surface area contributed by atoms with Crippen LogP contribution in [0.3, 0.4) is 0 Å². The molecule has 1 N–H and O–H groups in total. The van der Waals surface area contributed by atoms with Crippen molar-refractivity contribution in [3.05, 3.63) is 71.3 Å². The van der Waals surface area contributed by atoms with Crippen LogP contribution in [0.15, 0.2) is 54.6 Å². The number of likely N-dealkylation sites (tertiary alicyclic amines) is 1. The lowest BCUT2D eigenvalue weighted by molar-refractivity contribution is 0.0606. The number of carbonyl (C=O) groups is 2. The molecule has 28 heavy (non-hydrogen) atoms. The lowest BCUT2D eigenvalue weighted by atomic mass is 10.0. The molecule has 0 radical (unpaired) electrons. The molecule has 1 fully saturated rings. The van der Waals surface area contributed by atoms with Crippen molar-refractivity contribution < 1.29 is 14.7 Å². The van der Waals surface area contributed by atoms with E-state index in [4.69, 9.17) is 5.11 Å². The van der Waals surface area contributed by atoms with Crippen molar-refractivity contribution in [2.24, 2.45) is 0 Å². The molecular weight excluding hydrogens is 352 g/mol. The van der Waals surface area contributed by atoms with Gasteiger partial charge in [-0.15, -0.1) is 0 Å². The summed E-state index contributed by atoms with van der Waals surface area (Å²) in [5.74, 6) is -0.780. The molecule has 1 heterocycles. The van der Waals surface area contributed by atoms with E-state index in [-0.39, 0.29) is 5.91 Å². The Kier molecular flexibility index (Phi) is 6.82. The minimum absolute atomic E-state index is 0.116. The lowest BCUT2D eigenvalue weighted by Crippen LogP contribution is -2.46. The molecule has 3 rings (SSSR count). The van der Waals surface area contributed by atoms with Crippen LogP contribution < -0.4 is 0 Å². The molecule has 0 bridgehead atoms. The molecule has 2 aromatic carbocycles. The fraction of sp³-hybridized carbons (Fsp3) is 0.391. The van der Waals surface area contributed by atoms with E-state index < -0.39 is 5.97 Å². The smallest absolute Gasteiger partial charge is 0.335 e. The second-order valence-electron chi connectivity index (χ2n) is 7.36. The predicted octanol–water partition coefficient (Wildman–Crippen LogP) is 3.90. The number of hydrogen-bond acceptors (Lipinski definition) is 3. The van der Waals surface area contributed by atoms with E-state index in [1.165, 1.54) is 0 Å². The van der Waals surface area contributed by atoms with E-state index in [0.29, 0.717) is 11.6 Å². The summed E-state index contributed by atoms with van der Waals surface area (Å²) in [6.07, 6.45) is 2.99. The maximum atomic E-state index is 12.6. The van der Waals surface area contributed by atoms with Crippen molar-refractivity contribution in [2.75, 3.05) is 19.6 Å². The molecule has 0 aliphatic carbocycles. The second-order valence-corrected chi connectivity index (χ2v) is 7.36. The first-order valence-corrected chi connectivity index (χ1v) is 9.99. The van der Waals surface area contributed by atoms with E-state index in [2.05, 4.69) is 11.8 Å². The summed E-state index contributed by atoms with van der Waals surface area (Å²) in [5.41, 5.74) is 2.20. The van der Waals surface area contributed by atoms with Gasteiger partial charge in [-0.05, 0) is 55.6 Å². The summed E-state index contributed by atoms with van der Waals surface area (Å²) in [6.45, 7) is 5.53. The third-order valence-electron chi connectivity index (χ3n) is 5.39. The van der Waals surface area contributed by atoms with Gasteiger partial charge >= 0.3 is 5.97 Å². The van der Waals surface area contributed by atoms with E-state index in [1.54, 1.807) is 12.1 Å². The quantitative estimate of drug-likeness (QED) is 0.791. The first kappa shape index (κ1) is 20.1. The number of carboxylic acid groups (broad SMARTS) is 1. The van der Waals surface area contributed by atoms with Crippen molar-refractivity contribution in [1.29, 1.82) is 0 Å². The maximum absolute atomic E-state index is 12.6. The first-order valence-electron chi connectivity index (χ1n) is 9.99. The minimum Gasteiger partial charge on any atom is -0.478 e. The summed E-state index contributed by atoms with van der Waals surface area (Å²) in [4.78, 5) is 28.1. The Hall–Kier alpha value is -2.66. The molecule has 0 atom stereocenters. The van der Waals surface area contributed by atoms with Gasteiger partial charge in [0.1, 0.15) is 0 Å². The van der Waals surface area contributed by atoms with Gasteiger partial charge in [0, 0.05) is 31.2 Å². The van der Waals surface area contributed by atoms with Crippen molar-refractivity contribution in [1.82, 2.24) is 9.80 Å². The van der Waals surface area contributed by atoms with Gasteiger partial charge in [0.05, 0.1) is 5.56 Å². The van der Waals surface area contributed by atoms with E-state index in [1.807, 2.05) is 47.4 Å². The molecule has 1 aliphatic rings. The van der Waals surface area contributed by atoms with Gasteiger partial charge in [0.25, 0.3) is 5.91 Å². The zero-order valence-corrected chi connectivity index (χ0v) is 16.4. The summed E-state index contributed by atoms with van der Waals surface area (Å²) in [6, 6.07) is 17.1. The molecule has 0 aromatic heterocycles. The Bertz CT molecular complexity index is 781. The van der Waals surface area contributed by atoms with E-state index in [9.17, 15) is 9.59 Å². The number of piperidine rings is 1. The van der Waals surface area contributed by atoms with Crippen molar-refractivity contribution in [2.45, 2.75) is 38.8 Å². The van der Waals surface area contributed by atoms with Crippen molar-refractivity contribution in [3.8, 4) is 0 Å². The monoisotopic (exact) mass is 380 g/mol. The molecule has 0 saturated carbocycles. The van der Waals surface area contributed by atoms with Crippen LogP contribution in [0.1, 0.15) is 52.5 Å². The number of rotatable bonds is 7. The summed E-state index contributed by atoms with van der Waals surface area (Å²) >= 11 is 0. The highest BCUT2D eigenvalue weighted by Crippen LogP contribution is 2.21. The third-order valence-corrected chi connectivity index (χ3v) is 5.39. The second kappa shape index (κ2) is 9.51. The van der Waals surface area contributed by atoms with E-state index >= 15 is 0 Å². The normalized spacial score (nSPS) is 15.0. The number of hydrogen-bond donors (Lipinski definition) is 1. The Labute approximate surface area is 166 Å². The highest BCUT2D eigenvalue weighted by Gasteiger charge is 2.27. The van der Waals surface area contributed by atoms with Crippen LogP contribution in [0.4, 0.5) is 0 Å². The zero-order valence-electron chi connectivity index (χ0n) is 16.4. The van der Waals surface area contributed by atoms with Gasteiger partial charge in [-0.1, -0.05) is 37.3 Å². The molecule has 2 aromatic rings. The molecule has 5 nitrogen and oxygen atoms in total. The molecule has 0 unspecified atom stereocenters. The SMILES string of the molecule is CCCN(Cc1ccc(C(=O)O)cc1)C1CCN(C(=O)c2ccccc2)CC1. The summed E-state index contributed by atoms with van der Waals surface area (Å²) in [7, 11) is 0. The number of carbonyl (C=O) groups excluding carboxylic acids is 1. The Morgan fingerprint density at radius 3 is 2.21 bits per heavy atom. The van der Waals surface area contributed by atoms with Gasteiger partial charge in [0.2, 0.25) is 0 Å². The molecule has 5 heteroatoms. The summed E-state index contributed by atoms with van der Waals surface area (Å²) in [5, 5.41) is 9.06. The van der Waals surface area contributed by atoms with Crippen LogP contribution in [0.5, 0.6) is 0 Å². The van der Waals surface area contributed by atoms with Gasteiger partial charge in [0.15, 0.2) is 0 Å². The van der Waals surface area contributed by atoms with Gasteiger partial charge in [-0.25, -0.2) is 4.79 Å². The lowest BCUT2D eigenvalue weighted by Gasteiger charge is -2.38. The minimum atomic E-state index is -0.896. The Balaban J connectivity index is 1.59. The number of benzene rings is 2. The molecule has 1 amide bonds. The van der Waals surface area contributed by atoms with Gasteiger partial charge < -0.3 is 10.0 Å². The summed E-state index contributed by atoms with van der Waals surface area (Å²) < 4.78 is 0. The van der Waals surface area contributed by atoms with Crippen LogP contribution in [-0.2, 0) is 6.54 Å². The fourth-order valence-corrected chi connectivity index (χ4v) is 3.86. The maximum Gasteiger partial charge on any atom is 0.335 e. The topological polar surface area (TPSA) is 60.9 Å². The van der Waals surface area contributed by atoms with Gasteiger partial charge in [-0.2, -0.15) is 0 Å².